The van der Waals surface area contributed by atoms with Gasteiger partial charge in [0.2, 0.25) is 6.29 Å². The molecule has 2 N–H and O–H groups in total. The van der Waals surface area contributed by atoms with Gasteiger partial charge in [-0.3, -0.25) is 9.97 Å². The molecule has 0 saturated heterocycles. The van der Waals surface area contributed by atoms with Gasteiger partial charge in [-0.1, -0.05) is 18.2 Å². The Labute approximate surface area is 192 Å². The minimum Gasteiger partial charge on any atom is -0.460 e. The Hall–Kier alpha value is -3.55. The molecule has 1 atom stereocenters. The van der Waals surface area contributed by atoms with Gasteiger partial charge in [-0.15, -0.1) is 0 Å². The molecule has 1 aliphatic rings. The summed E-state index contributed by atoms with van der Waals surface area (Å²) in [5.74, 6) is 0.697. The summed E-state index contributed by atoms with van der Waals surface area (Å²) in [6.07, 6.45) is 8.48. The number of hydrogen-bond donors (Lipinski definition) is 2. The maximum atomic E-state index is 10.7. The van der Waals surface area contributed by atoms with Gasteiger partial charge >= 0.3 is 0 Å². The van der Waals surface area contributed by atoms with Crippen LogP contribution in [0.3, 0.4) is 0 Å². The van der Waals surface area contributed by atoms with E-state index in [-0.39, 0.29) is 0 Å². The number of aliphatic hydroxyl groups is 1. The molecule has 0 radical (unpaired) electrons. The molecule has 0 saturated carbocycles. The second-order valence-electron chi connectivity index (χ2n) is 8.37. The minimum absolute atomic E-state index is 0.648. The van der Waals surface area contributed by atoms with E-state index in [1.807, 2.05) is 73.2 Å². The zero-order chi connectivity index (χ0) is 22.8. The van der Waals surface area contributed by atoms with Crippen molar-refractivity contribution in [2.24, 2.45) is 0 Å². The maximum Gasteiger partial charge on any atom is 0.226 e. The zero-order valence-electron chi connectivity index (χ0n) is 18.8. The van der Waals surface area contributed by atoms with Crippen molar-refractivity contribution in [3.05, 3.63) is 88.9 Å². The van der Waals surface area contributed by atoms with Crippen LogP contribution in [0.1, 0.15) is 40.3 Å². The number of aryl methyl sites for hydroxylation is 3. The monoisotopic (exact) mass is 441 g/mol. The molecule has 1 aliphatic heterocycles. The number of aliphatic hydroxyl groups excluding tert-OH is 1. The van der Waals surface area contributed by atoms with Crippen LogP contribution in [0.15, 0.2) is 55.0 Å². The quantitative estimate of drug-likeness (QED) is 0.425. The number of imidazole rings is 1. The second kappa shape index (κ2) is 9.13. The van der Waals surface area contributed by atoms with Crippen molar-refractivity contribution in [2.75, 3.05) is 6.54 Å². The Morgan fingerprint density at radius 2 is 2.03 bits per heavy atom. The predicted octanol–water partition coefficient (Wildman–Crippen LogP) is 3.71. The Balaban J connectivity index is 1.26. The van der Waals surface area contributed by atoms with Gasteiger partial charge in [-0.05, 0) is 63.1 Å². The molecule has 168 valence electrons. The number of ether oxygens (including phenoxy) is 1. The van der Waals surface area contributed by atoms with Crippen molar-refractivity contribution in [2.45, 2.75) is 39.5 Å². The summed E-state index contributed by atoms with van der Waals surface area (Å²) >= 11 is 0. The average Bonchev–Trinajstić information content (AvgIpc) is 3.23. The third kappa shape index (κ3) is 4.65. The van der Waals surface area contributed by atoms with Gasteiger partial charge in [0.1, 0.15) is 5.75 Å². The third-order valence-corrected chi connectivity index (χ3v) is 5.77. The molecule has 5 rings (SSSR count). The molecule has 0 bridgehead atoms. The highest BCUT2D eigenvalue weighted by atomic mass is 16.6. The first-order valence-corrected chi connectivity index (χ1v) is 11.2. The van der Waals surface area contributed by atoms with Crippen LogP contribution in [0.5, 0.6) is 5.75 Å². The fourth-order valence-corrected chi connectivity index (χ4v) is 4.16. The third-order valence-electron chi connectivity index (χ3n) is 5.77. The molecule has 1 aromatic carbocycles. The van der Waals surface area contributed by atoms with Crippen LogP contribution in [-0.4, -0.2) is 37.3 Å². The van der Waals surface area contributed by atoms with Gasteiger partial charge in [-0.25, -0.2) is 4.98 Å². The van der Waals surface area contributed by atoms with Crippen molar-refractivity contribution in [3.63, 3.8) is 0 Å². The molecular formula is C26H27N5O2. The lowest BCUT2D eigenvalue weighted by Gasteiger charge is -2.23. The smallest absolute Gasteiger partial charge is 0.226 e. The Kier molecular flexibility index (Phi) is 5.90. The van der Waals surface area contributed by atoms with Crippen LogP contribution in [0.4, 0.5) is 0 Å². The van der Waals surface area contributed by atoms with Crippen molar-refractivity contribution in [3.8, 4) is 5.75 Å². The summed E-state index contributed by atoms with van der Waals surface area (Å²) in [5.41, 5.74) is 7.06. The normalized spacial score (nSPS) is 15.2. The van der Waals surface area contributed by atoms with Crippen molar-refractivity contribution in [1.82, 2.24) is 24.7 Å². The molecule has 4 aromatic rings. The number of hydrogen-bond acceptors (Lipinski definition) is 6. The van der Waals surface area contributed by atoms with Gasteiger partial charge in [0, 0.05) is 36.3 Å². The zero-order valence-corrected chi connectivity index (χ0v) is 18.8. The number of aromatic nitrogens is 4. The predicted molar refractivity (Wildman–Crippen MR) is 128 cm³/mol. The molecule has 33 heavy (non-hydrogen) atoms. The molecule has 0 amide bonds. The lowest BCUT2D eigenvalue weighted by atomic mass is 10.0. The largest absolute Gasteiger partial charge is 0.460 e. The maximum absolute atomic E-state index is 10.7. The summed E-state index contributed by atoms with van der Waals surface area (Å²) in [7, 11) is 0. The molecular weight excluding hydrogens is 414 g/mol. The number of nitrogens with zero attached hydrogens (tertiary/aromatic N) is 4. The molecule has 7 nitrogen and oxygen atoms in total. The highest BCUT2D eigenvalue weighted by molar-refractivity contribution is 5.86. The van der Waals surface area contributed by atoms with Gasteiger partial charge in [-0.2, -0.15) is 0 Å². The number of rotatable bonds is 7. The van der Waals surface area contributed by atoms with E-state index in [0.717, 1.165) is 54.2 Å². The van der Waals surface area contributed by atoms with Crippen LogP contribution in [0, 0.1) is 13.8 Å². The molecule has 3 aromatic heterocycles. The van der Waals surface area contributed by atoms with E-state index in [2.05, 4.69) is 26.3 Å². The molecule has 0 fully saturated rings. The van der Waals surface area contributed by atoms with Crippen LogP contribution in [0.25, 0.3) is 17.3 Å². The Morgan fingerprint density at radius 3 is 2.88 bits per heavy atom. The van der Waals surface area contributed by atoms with E-state index in [0.29, 0.717) is 17.0 Å². The molecule has 0 aliphatic carbocycles. The Bertz CT molecular complexity index is 1310. The summed E-state index contributed by atoms with van der Waals surface area (Å²) in [6, 6.07) is 12.1. The van der Waals surface area contributed by atoms with E-state index in [1.165, 1.54) is 5.56 Å². The minimum atomic E-state index is -1.06. The van der Waals surface area contributed by atoms with E-state index in [1.54, 1.807) is 0 Å². The topological polar surface area (TPSA) is 84.6 Å². The number of fused-ring (bicyclic) bond motifs is 2. The van der Waals surface area contributed by atoms with Gasteiger partial charge in [0.25, 0.3) is 0 Å². The van der Waals surface area contributed by atoms with E-state index < -0.39 is 6.29 Å². The lowest BCUT2D eigenvalue weighted by molar-refractivity contribution is 0.0317. The summed E-state index contributed by atoms with van der Waals surface area (Å²) < 4.78 is 7.82. The van der Waals surface area contributed by atoms with Gasteiger partial charge in [0.15, 0.2) is 5.65 Å². The molecule has 1 unspecified atom stereocenters. The molecule has 7 heteroatoms. The first kappa shape index (κ1) is 21.3. The fourth-order valence-electron chi connectivity index (χ4n) is 4.16. The Morgan fingerprint density at radius 1 is 1.12 bits per heavy atom. The number of nitrogens with one attached hydrogen (secondary N) is 1. The van der Waals surface area contributed by atoms with Crippen molar-refractivity contribution >= 4 is 17.3 Å². The van der Waals surface area contributed by atoms with Gasteiger partial charge < -0.3 is 19.6 Å². The average molecular weight is 442 g/mol. The van der Waals surface area contributed by atoms with Gasteiger partial charge in [0.05, 0.1) is 22.8 Å². The standard InChI is InChI=1S/C26H27N5O2/c1-17-15-31-16-23(30-25(31)18(2)29-17)22-13-20-9-8-19(12-24(20)33-26(22)32)6-5-10-27-14-21-7-3-4-11-28-21/h3-4,7-9,11-13,15-16,26-27,32H,5-6,10,14H2,1-2H3. The van der Waals surface area contributed by atoms with E-state index >= 15 is 0 Å². The van der Waals surface area contributed by atoms with Crippen molar-refractivity contribution in [1.29, 1.82) is 0 Å². The SMILES string of the molecule is Cc1cn2cc(C3=Cc4ccc(CCCNCc5ccccn5)cc4OC3O)nc2c(C)n1. The summed E-state index contributed by atoms with van der Waals surface area (Å²) in [6.45, 7) is 5.56. The van der Waals surface area contributed by atoms with Crippen LogP contribution >= 0.6 is 0 Å². The molecule has 4 heterocycles. The first-order chi connectivity index (χ1) is 16.1. The molecule has 0 spiro atoms. The number of pyridine rings is 1. The highest BCUT2D eigenvalue weighted by Crippen LogP contribution is 2.34. The number of benzene rings is 1. The van der Waals surface area contributed by atoms with Crippen LogP contribution in [0.2, 0.25) is 0 Å². The lowest BCUT2D eigenvalue weighted by Crippen LogP contribution is -2.21. The fraction of sp³-hybridized carbons (Fsp3) is 0.269. The summed E-state index contributed by atoms with van der Waals surface area (Å²) in [5, 5.41) is 14.1. The van der Waals surface area contributed by atoms with E-state index in [4.69, 9.17) is 4.74 Å². The first-order valence-electron chi connectivity index (χ1n) is 11.2. The highest BCUT2D eigenvalue weighted by Gasteiger charge is 2.24. The van der Waals surface area contributed by atoms with Crippen LogP contribution in [-0.2, 0) is 13.0 Å². The van der Waals surface area contributed by atoms with Crippen molar-refractivity contribution < 1.29 is 9.84 Å². The second-order valence-corrected chi connectivity index (χ2v) is 8.37. The van der Waals surface area contributed by atoms with E-state index in [9.17, 15) is 5.11 Å². The van der Waals surface area contributed by atoms with Crippen LogP contribution < -0.4 is 10.1 Å². The summed E-state index contributed by atoms with van der Waals surface area (Å²) in [4.78, 5) is 13.5.